The lowest BCUT2D eigenvalue weighted by Gasteiger charge is -2.12. The lowest BCUT2D eigenvalue weighted by molar-refractivity contribution is 1.40. The zero-order valence-electron chi connectivity index (χ0n) is 8.99. The zero-order valence-corrected chi connectivity index (χ0v) is 14.3. The average molecular weight is 393 g/mol. The third-order valence-electron chi connectivity index (χ3n) is 2.19. The highest BCUT2D eigenvalue weighted by molar-refractivity contribution is 7.99. The zero-order chi connectivity index (χ0) is 14.2. The van der Waals surface area contributed by atoms with Crippen molar-refractivity contribution in [3.63, 3.8) is 0 Å². The molecular weight excluding hydrogens is 389 g/mol. The minimum Gasteiger partial charge on any atom is -0.0868 e. The largest absolute Gasteiger partial charge is 0.0868 e. The highest BCUT2D eigenvalue weighted by Gasteiger charge is 2.20. The van der Waals surface area contributed by atoms with Crippen molar-refractivity contribution >= 4 is 81.4 Å². The van der Waals surface area contributed by atoms with Gasteiger partial charge in [0.1, 0.15) is 0 Å². The molecule has 0 unspecified atom stereocenters. The molecule has 2 rings (SSSR count). The second-order valence-corrected chi connectivity index (χ2v) is 6.87. The van der Waals surface area contributed by atoms with Crippen molar-refractivity contribution in [3.8, 4) is 0 Å². The predicted molar refractivity (Wildman–Crippen MR) is 87.1 cm³/mol. The van der Waals surface area contributed by atoms with Crippen molar-refractivity contribution in [2.24, 2.45) is 0 Å². The molecule has 0 nitrogen and oxygen atoms in total. The molecule has 7 heteroatoms. The van der Waals surface area contributed by atoms with E-state index in [9.17, 15) is 0 Å². The normalized spacial score (nSPS) is 10.8. The Balaban J connectivity index is 2.52. The van der Waals surface area contributed by atoms with Crippen LogP contribution < -0.4 is 0 Å². The van der Waals surface area contributed by atoms with Gasteiger partial charge in [0.15, 0.2) is 0 Å². The maximum Gasteiger partial charge on any atom is 0.0809 e. The Morgan fingerprint density at radius 1 is 0.684 bits per heavy atom. The lowest BCUT2D eigenvalue weighted by atomic mass is 10.3. The van der Waals surface area contributed by atoms with Crippen LogP contribution in [-0.2, 0) is 0 Å². The van der Waals surface area contributed by atoms with Crippen molar-refractivity contribution in [1.82, 2.24) is 0 Å². The van der Waals surface area contributed by atoms with Crippen LogP contribution in [0.1, 0.15) is 0 Å². The minimum absolute atomic E-state index is 0.147. The van der Waals surface area contributed by atoms with Crippen LogP contribution in [0, 0.1) is 0 Å². The smallest absolute Gasteiger partial charge is 0.0809 e. The van der Waals surface area contributed by atoms with Crippen molar-refractivity contribution in [2.45, 2.75) is 9.79 Å². The highest BCUT2D eigenvalue weighted by Crippen LogP contribution is 2.49. The molecule has 0 N–H and O–H groups in total. The average Bonchev–Trinajstić information content (AvgIpc) is 2.39. The van der Waals surface area contributed by atoms with Gasteiger partial charge < -0.3 is 0 Å². The van der Waals surface area contributed by atoms with Crippen molar-refractivity contribution in [3.05, 3.63) is 54.4 Å². The van der Waals surface area contributed by atoms with E-state index in [2.05, 4.69) is 0 Å². The third-order valence-corrected chi connectivity index (χ3v) is 6.02. The molecular formula is C12H4Cl6S. The van der Waals surface area contributed by atoms with E-state index in [-0.39, 0.29) is 25.1 Å². The maximum atomic E-state index is 6.15. The molecule has 0 fully saturated rings. The van der Waals surface area contributed by atoms with Gasteiger partial charge in [-0.25, -0.2) is 0 Å². The van der Waals surface area contributed by atoms with Crippen LogP contribution in [0.5, 0.6) is 0 Å². The van der Waals surface area contributed by atoms with Gasteiger partial charge in [-0.15, -0.1) is 0 Å². The van der Waals surface area contributed by atoms with Gasteiger partial charge in [0.05, 0.1) is 30.0 Å². The monoisotopic (exact) mass is 390 g/mol. The van der Waals surface area contributed by atoms with E-state index in [1.165, 1.54) is 11.8 Å². The van der Waals surface area contributed by atoms with Gasteiger partial charge in [0, 0.05) is 9.92 Å². The van der Waals surface area contributed by atoms with E-state index in [0.29, 0.717) is 9.92 Å². The molecule has 0 aromatic heterocycles. The fraction of sp³-hybridized carbons (Fsp3) is 0. The van der Waals surface area contributed by atoms with Gasteiger partial charge in [0.2, 0.25) is 0 Å². The van der Waals surface area contributed by atoms with Gasteiger partial charge in [-0.1, -0.05) is 87.4 Å². The summed E-state index contributed by atoms with van der Waals surface area (Å²) in [6.07, 6.45) is 0. The van der Waals surface area contributed by atoms with Crippen LogP contribution >= 0.6 is 81.4 Å². The number of hydrogen-bond donors (Lipinski definition) is 0. The first-order chi connectivity index (χ1) is 8.91. The Bertz CT molecular complexity index is 611. The fourth-order valence-corrected chi connectivity index (χ4v) is 4.01. The lowest BCUT2D eigenvalue weighted by Crippen LogP contribution is -1.84. The van der Waals surface area contributed by atoms with Crippen molar-refractivity contribution in [2.75, 3.05) is 0 Å². The molecule has 0 radical (unpaired) electrons. The van der Waals surface area contributed by atoms with Gasteiger partial charge in [-0.2, -0.15) is 0 Å². The molecule has 0 amide bonds. The Labute approximate surface area is 144 Å². The first-order valence-electron chi connectivity index (χ1n) is 4.86. The van der Waals surface area contributed by atoms with E-state index >= 15 is 0 Å². The molecule has 0 bridgehead atoms. The van der Waals surface area contributed by atoms with Crippen LogP contribution in [-0.4, -0.2) is 0 Å². The third kappa shape index (κ3) is 3.41. The molecule has 0 saturated carbocycles. The summed E-state index contributed by atoms with van der Waals surface area (Å²) >= 11 is 37.5. The number of benzene rings is 2. The van der Waals surface area contributed by atoms with Crippen LogP contribution in [0.3, 0.4) is 0 Å². The molecule has 0 heterocycles. The Morgan fingerprint density at radius 2 is 1.21 bits per heavy atom. The fourth-order valence-electron chi connectivity index (χ4n) is 1.32. The number of halogens is 6. The van der Waals surface area contributed by atoms with Gasteiger partial charge in [0.25, 0.3) is 0 Å². The summed E-state index contributed by atoms with van der Waals surface area (Å²) in [4.78, 5) is 1.41. The SMILES string of the molecule is Clc1cccc(Sc2c(Cl)c(Cl)c(Cl)c(Cl)c2Cl)c1. The Kier molecular flexibility index (Phi) is 5.47. The van der Waals surface area contributed by atoms with Gasteiger partial charge >= 0.3 is 0 Å². The Hall–Kier alpha value is 0.530. The van der Waals surface area contributed by atoms with Crippen LogP contribution in [0.15, 0.2) is 34.1 Å². The van der Waals surface area contributed by atoms with E-state index in [1.807, 2.05) is 12.1 Å². The molecule has 0 aliphatic carbocycles. The maximum absolute atomic E-state index is 6.15. The van der Waals surface area contributed by atoms with E-state index in [4.69, 9.17) is 69.6 Å². The standard InChI is InChI=1S/C12H4Cl6S/c13-5-2-1-3-6(4-5)19-12-10(17)8(15)7(14)9(16)11(12)18/h1-4H. The first kappa shape index (κ1) is 15.9. The molecule has 0 atom stereocenters. The minimum atomic E-state index is 0.147. The van der Waals surface area contributed by atoms with Gasteiger partial charge in [-0.05, 0) is 18.2 Å². The highest BCUT2D eigenvalue weighted by atomic mass is 35.5. The van der Waals surface area contributed by atoms with E-state index in [1.54, 1.807) is 12.1 Å². The van der Waals surface area contributed by atoms with Crippen molar-refractivity contribution in [1.29, 1.82) is 0 Å². The number of rotatable bonds is 2. The first-order valence-corrected chi connectivity index (χ1v) is 7.95. The molecule has 0 aliphatic heterocycles. The molecule has 100 valence electrons. The molecule has 0 spiro atoms. The summed E-state index contributed by atoms with van der Waals surface area (Å²) in [7, 11) is 0. The van der Waals surface area contributed by atoms with E-state index in [0.717, 1.165) is 4.90 Å². The van der Waals surface area contributed by atoms with Crippen LogP contribution in [0.4, 0.5) is 0 Å². The summed E-state index contributed by atoms with van der Waals surface area (Å²) in [6.45, 7) is 0. The van der Waals surface area contributed by atoms with Crippen LogP contribution in [0.2, 0.25) is 30.1 Å². The molecule has 19 heavy (non-hydrogen) atoms. The molecule has 0 aliphatic rings. The Morgan fingerprint density at radius 3 is 1.74 bits per heavy atom. The summed E-state index contributed by atoms with van der Waals surface area (Å²) in [5, 5.41) is 1.67. The second kappa shape index (κ2) is 6.53. The molecule has 2 aromatic rings. The summed E-state index contributed by atoms with van der Waals surface area (Å²) in [5.41, 5.74) is 0. The summed E-state index contributed by atoms with van der Waals surface area (Å²) < 4.78 is 0. The van der Waals surface area contributed by atoms with Crippen LogP contribution in [0.25, 0.3) is 0 Å². The topological polar surface area (TPSA) is 0 Å². The van der Waals surface area contributed by atoms with Crippen molar-refractivity contribution < 1.29 is 0 Å². The number of hydrogen-bond acceptors (Lipinski definition) is 1. The van der Waals surface area contributed by atoms with E-state index < -0.39 is 0 Å². The predicted octanol–water partition coefficient (Wildman–Crippen LogP) is 7.76. The molecule has 2 aromatic carbocycles. The summed E-state index contributed by atoms with van der Waals surface area (Å²) in [6, 6.07) is 7.26. The van der Waals surface area contributed by atoms with Gasteiger partial charge in [-0.3, -0.25) is 0 Å². The summed E-state index contributed by atoms with van der Waals surface area (Å²) in [5.74, 6) is 0. The quantitative estimate of drug-likeness (QED) is 0.371. The molecule has 0 saturated heterocycles. The second-order valence-electron chi connectivity index (χ2n) is 3.46.